The van der Waals surface area contributed by atoms with Gasteiger partial charge in [0.2, 0.25) is 5.72 Å². The third-order valence-corrected chi connectivity index (χ3v) is 5.73. The Morgan fingerprint density at radius 3 is 2.93 bits per heavy atom. The van der Waals surface area contributed by atoms with Crippen molar-refractivity contribution in [2.45, 2.75) is 31.1 Å². The van der Waals surface area contributed by atoms with Crippen LogP contribution in [0.5, 0.6) is 0 Å². The molecule has 140 valence electrons. The number of rotatable bonds is 3. The number of allylic oxidation sites excluding steroid dienone is 4. The third-order valence-electron chi connectivity index (χ3n) is 5.73. The molecule has 2 aliphatic carbocycles. The highest BCUT2D eigenvalue weighted by Crippen LogP contribution is 2.65. The van der Waals surface area contributed by atoms with E-state index in [9.17, 15) is 15.3 Å². The number of fused-ring (bicyclic) bond motifs is 2. The second kappa shape index (κ2) is 5.11. The van der Waals surface area contributed by atoms with Crippen LogP contribution < -0.4 is 5.73 Å². The zero-order valence-electron chi connectivity index (χ0n) is 14.8. The number of aromatic nitrogens is 3. The maximum atomic E-state index is 10.9. The predicted octanol–water partition coefficient (Wildman–Crippen LogP) is 1.57. The van der Waals surface area contributed by atoms with Crippen molar-refractivity contribution in [2.24, 2.45) is 5.92 Å². The summed E-state index contributed by atoms with van der Waals surface area (Å²) >= 11 is 0. The number of ether oxygens (including phenoxy) is 1. The van der Waals surface area contributed by atoms with Gasteiger partial charge in [-0.05, 0) is 17.9 Å². The van der Waals surface area contributed by atoms with E-state index in [1.54, 1.807) is 4.57 Å². The third kappa shape index (κ3) is 1.94. The van der Waals surface area contributed by atoms with Crippen LogP contribution in [0, 0.1) is 5.92 Å². The highest BCUT2D eigenvalue weighted by atomic mass is 16.6. The van der Waals surface area contributed by atoms with Crippen LogP contribution >= 0.6 is 0 Å². The lowest BCUT2D eigenvalue weighted by Crippen LogP contribution is -2.28. The van der Waals surface area contributed by atoms with Gasteiger partial charge >= 0.3 is 0 Å². The minimum atomic E-state index is -1.58. The molecule has 5 N–H and O–H groups in total. The summed E-state index contributed by atoms with van der Waals surface area (Å²) in [6, 6.07) is 0. The zero-order chi connectivity index (χ0) is 19.0. The summed E-state index contributed by atoms with van der Waals surface area (Å²) < 4.78 is 7.51. The van der Waals surface area contributed by atoms with Gasteiger partial charge in [0.15, 0.2) is 17.1 Å². The smallest absolute Gasteiger partial charge is 0.227 e. The molecular formula is C19H20N4O4. The molecule has 8 heteroatoms. The molecule has 8 nitrogen and oxygen atoms in total. The Morgan fingerprint density at radius 2 is 2.22 bits per heavy atom. The maximum Gasteiger partial charge on any atom is 0.227 e. The van der Waals surface area contributed by atoms with E-state index in [4.69, 9.17) is 10.5 Å². The molecule has 1 saturated carbocycles. The van der Waals surface area contributed by atoms with Crippen LogP contribution in [0.25, 0.3) is 16.6 Å². The monoisotopic (exact) mass is 368 g/mol. The predicted molar refractivity (Wildman–Crippen MR) is 98.2 cm³/mol. The number of aliphatic hydroxyl groups excluding tert-OH is 2. The minimum Gasteiger partial charge on any atom is -0.506 e. The van der Waals surface area contributed by atoms with Crippen molar-refractivity contribution in [3.05, 3.63) is 47.8 Å². The molecule has 2 unspecified atom stereocenters. The first-order chi connectivity index (χ1) is 12.9. The Balaban J connectivity index is 1.72. The van der Waals surface area contributed by atoms with Gasteiger partial charge in [0.25, 0.3) is 0 Å². The molecule has 3 aliphatic rings. The lowest BCUT2D eigenvalue weighted by molar-refractivity contribution is -0.0193. The fraction of sp³-hybridized carbons (Fsp3) is 0.368. The molecule has 27 heavy (non-hydrogen) atoms. The molecule has 1 fully saturated rings. The number of hydrogen-bond acceptors (Lipinski definition) is 7. The summed E-state index contributed by atoms with van der Waals surface area (Å²) in [5.74, 6) is 0.376. The molecule has 0 amide bonds. The average molecular weight is 368 g/mol. The van der Waals surface area contributed by atoms with E-state index in [1.165, 1.54) is 6.33 Å². The molecule has 0 spiro atoms. The number of aliphatic hydroxyl groups is 3. The Labute approximate surface area is 154 Å². The summed E-state index contributed by atoms with van der Waals surface area (Å²) in [4.78, 5) is 8.50. The van der Waals surface area contributed by atoms with Gasteiger partial charge in [-0.1, -0.05) is 25.2 Å². The van der Waals surface area contributed by atoms with Crippen LogP contribution in [-0.4, -0.2) is 42.1 Å². The molecule has 0 aromatic carbocycles. The Kier molecular flexibility index (Phi) is 3.10. The van der Waals surface area contributed by atoms with Gasteiger partial charge in [0, 0.05) is 11.8 Å². The number of nitrogens with two attached hydrogens (primary N) is 1. The van der Waals surface area contributed by atoms with E-state index in [-0.39, 0.29) is 17.9 Å². The Hall–Kier alpha value is -2.84. The second-order valence-corrected chi connectivity index (χ2v) is 7.48. The Morgan fingerprint density at radius 1 is 1.41 bits per heavy atom. The SMILES string of the molecule is CC1C=CC=C(c2cn([C@@]34CC3(O)C(O)=C(CO)O4)c3ncnc(N)c23)C1. The zero-order valence-corrected chi connectivity index (χ0v) is 14.8. The summed E-state index contributed by atoms with van der Waals surface area (Å²) in [6.45, 7) is 1.64. The van der Waals surface area contributed by atoms with Gasteiger partial charge in [0.05, 0.1) is 11.8 Å². The van der Waals surface area contributed by atoms with Crippen LogP contribution in [0.15, 0.2) is 42.3 Å². The van der Waals surface area contributed by atoms with Crippen molar-refractivity contribution in [1.29, 1.82) is 0 Å². The molecule has 5 rings (SSSR count). The maximum absolute atomic E-state index is 10.9. The first kappa shape index (κ1) is 16.3. The van der Waals surface area contributed by atoms with Crippen molar-refractivity contribution < 1.29 is 20.1 Å². The highest BCUT2D eigenvalue weighted by molar-refractivity contribution is 5.98. The standard InChI is InChI=1S/C19H20N4O4/c1-10-3-2-4-11(5-10)12-6-23(17-14(12)16(20)21-9-22-17)19-8-18(19,26)15(25)13(7-24)27-19/h2-4,6,9-10,24-26H,5,7-8H2,1H3,(H2,20,21,22)/t10?,18?,19-/m1/s1. The van der Waals surface area contributed by atoms with Crippen LogP contribution in [0.2, 0.25) is 0 Å². The largest absolute Gasteiger partial charge is 0.506 e. The van der Waals surface area contributed by atoms with Gasteiger partial charge in [0.1, 0.15) is 24.4 Å². The second-order valence-electron chi connectivity index (χ2n) is 7.48. The molecule has 3 atom stereocenters. The van der Waals surface area contributed by atoms with Gasteiger partial charge < -0.3 is 25.8 Å². The number of nitrogen functional groups attached to an aromatic ring is 1. The van der Waals surface area contributed by atoms with Crippen molar-refractivity contribution in [2.75, 3.05) is 12.3 Å². The van der Waals surface area contributed by atoms with Gasteiger partial charge in [-0.2, -0.15) is 0 Å². The molecule has 2 aromatic rings. The fourth-order valence-electron chi connectivity index (χ4n) is 4.26. The van der Waals surface area contributed by atoms with Gasteiger partial charge in [-0.3, -0.25) is 4.57 Å². The number of nitrogens with zero attached hydrogens (tertiary/aromatic N) is 3. The van der Waals surface area contributed by atoms with Crippen molar-refractivity contribution in [3.63, 3.8) is 0 Å². The summed E-state index contributed by atoms with van der Waals surface area (Å²) in [6.07, 6.45) is 10.4. The number of anilines is 1. The molecule has 0 radical (unpaired) electrons. The molecule has 0 bridgehead atoms. The molecule has 2 aromatic heterocycles. The van der Waals surface area contributed by atoms with E-state index < -0.39 is 17.9 Å². The summed E-state index contributed by atoms with van der Waals surface area (Å²) in [5, 5.41) is 31.2. The van der Waals surface area contributed by atoms with E-state index in [2.05, 4.69) is 23.0 Å². The average Bonchev–Trinajstić information content (AvgIpc) is 2.97. The van der Waals surface area contributed by atoms with Gasteiger partial charge in [-0.15, -0.1) is 0 Å². The fourth-order valence-corrected chi connectivity index (χ4v) is 4.26. The lowest BCUT2D eigenvalue weighted by Gasteiger charge is -2.19. The van der Waals surface area contributed by atoms with E-state index in [1.807, 2.05) is 18.3 Å². The van der Waals surface area contributed by atoms with Crippen molar-refractivity contribution in [3.8, 4) is 0 Å². The van der Waals surface area contributed by atoms with E-state index >= 15 is 0 Å². The van der Waals surface area contributed by atoms with E-state index in [0.717, 1.165) is 17.6 Å². The highest BCUT2D eigenvalue weighted by Gasteiger charge is 2.79. The number of hydrogen-bond donors (Lipinski definition) is 4. The van der Waals surface area contributed by atoms with E-state index in [0.29, 0.717) is 22.8 Å². The molecule has 0 saturated heterocycles. The van der Waals surface area contributed by atoms with Gasteiger partial charge in [-0.25, -0.2) is 9.97 Å². The minimum absolute atomic E-state index is 0.0254. The van der Waals surface area contributed by atoms with Crippen LogP contribution in [0.1, 0.15) is 25.3 Å². The van der Waals surface area contributed by atoms with Crippen molar-refractivity contribution in [1.82, 2.24) is 14.5 Å². The first-order valence-corrected chi connectivity index (χ1v) is 8.86. The van der Waals surface area contributed by atoms with Crippen molar-refractivity contribution >= 4 is 22.4 Å². The quantitative estimate of drug-likeness (QED) is 0.648. The van der Waals surface area contributed by atoms with Crippen LogP contribution in [0.4, 0.5) is 5.82 Å². The normalized spacial score (nSPS) is 31.8. The lowest BCUT2D eigenvalue weighted by atomic mass is 9.91. The van der Waals surface area contributed by atoms with Crippen LogP contribution in [0.3, 0.4) is 0 Å². The summed E-state index contributed by atoms with van der Waals surface area (Å²) in [7, 11) is 0. The first-order valence-electron chi connectivity index (χ1n) is 8.86. The topological polar surface area (TPSA) is 127 Å². The summed E-state index contributed by atoms with van der Waals surface area (Å²) in [5.41, 5.74) is 5.84. The van der Waals surface area contributed by atoms with Crippen LogP contribution in [-0.2, 0) is 10.5 Å². The molecular weight excluding hydrogens is 348 g/mol. The molecule has 3 heterocycles. The molecule has 1 aliphatic heterocycles. The Bertz CT molecular complexity index is 1070.